The smallest absolute Gasteiger partial charge is 0.379 e. The van der Waals surface area contributed by atoms with Gasteiger partial charge in [-0.3, -0.25) is 4.89 Å². The van der Waals surface area contributed by atoms with Crippen molar-refractivity contribution < 1.29 is 43.0 Å². The standard InChI is InChI=1S/C25H50O9S/c1-4-30-25(31-5-2,32-6-3)24(26)34-33-22-21-29-20-19-28-18-17-27-16-14-12-10-8-7-9-11-13-15-23-35/h35H,4-23H2,1-3H3. The number of thiol groups is 1. The molecule has 9 nitrogen and oxygen atoms in total. The highest BCUT2D eigenvalue weighted by Gasteiger charge is 2.45. The van der Waals surface area contributed by atoms with Crippen LogP contribution in [0.4, 0.5) is 0 Å². The number of rotatable bonds is 28. The van der Waals surface area contributed by atoms with Gasteiger partial charge in [0.05, 0.1) is 52.9 Å². The molecule has 0 fully saturated rings. The third-order valence-electron chi connectivity index (χ3n) is 4.89. The third-order valence-corrected chi connectivity index (χ3v) is 5.21. The van der Waals surface area contributed by atoms with Crippen molar-refractivity contribution in [3.63, 3.8) is 0 Å². The zero-order valence-corrected chi connectivity index (χ0v) is 23.2. The summed E-state index contributed by atoms with van der Waals surface area (Å²) in [6.07, 6.45) is 11.6. The molecule has 0 saturated heterocycles. The highest BCUT2D eigenvalue weighted by molar-refractivity contribution is 7.80. The van der Waals surface area contributed by atoms with Gasteiger partial charge in [-0.25, -0.2) is 4.79 Å². The van der Waals surface area contributed by atoms with Gasteiger partial charge in [-0.1, -0.05) is 44.9 Å². The fourth-order valence-corrected chi connectivity index (χ4v) is 3.43. The molecule has 35 heavy (non-hydrogen) atoms. The summed E-state index contributed by atoms with van der Waals surface area (Å²) in [6.45, 7) is 8.88. The van der Waals surface area contributed by atoms with Crippen molar-refractivity contribution in [3.8, 4) is 0 Å². The average Bonchev–Trinajstić information content (AvgIpc) is 2.85. The second-order valence-electron chi connectivity index (χ2n) is 7.79. The summed E-state index contributed by atoms with van der Waals surface area (Å²) in [4.78, 5) is 21.9. The highest BCUT2D eigenvalue weighted by Crippen LogP contribution is 2.18. The molecule has 0 unspecified atom stereocenters. The Hall–Kier alpha value is -0.460. The van der Waals surface area contributed by atoms with Crippen LogP contribution in [0, 0.1) is 0 Å². The van der Waals surface area contributed by atoms with Crippen molar-refractivity contribution in [1.29, 1.82) is 0 Å². The van der Waals surface area contributed by atoms with Gasteiger partial charge in [-0.2, -0.15) is 17.5 Å². The lowest BCUT2D eigenvalue weighted by atomic mass is 10.1. The Labute approximate surface area is 218 Å². The number of hydrogen-bond acceptors (Lipinski definition) is 10. The summed E-state index contributed by atoms with van der Waals surface area (Å²) in [6, 6.07) is 0. The summed E-state index contributed by atoms with van der Waals surface area (Å²) in [5, 5.41) is 0. The van der Waals surface area contributed by atoms with E-state index < -0.39 is 11.9 Å². The van der Waals surface area contributed by atoms with Crippen LogP contribution in [0.5, 0.6) is 0 Å². The molecule has 210 valence electrons. The fourth-order valence-electron chi connectivity index (χ4n) is 3.21. The normalized spacial score (nSPS) is 11.8. The predicted molar refractivity (Wildman–Crippen MR) is 138 cm³/mol. The summed E-state index contributed by atoms with van der Waals surface area (Å²) < 4.78 is 32.4. The average molecular weight is 527 g/mol. The maximum absolute atomic E-state index is 12.2. The molecule has 0 bridgehead atoms. The Balaban J connectivity index is 3.46. The number of unbranched alkanes of at least 4 members (excludes halogenated alkanes) is 8. The van der Waals surface area contributed by atoms with E-state index in [9.17, 15) is 4.79 Å². The topological polar surface area (TPSA) is 90.9 Å². The molecule has 0 saturated carbocycles. The Morgan fingerprint density at radius 3 is 1.43 bits per heavy atom. The Kier molecular flexibility index (Phi) is 26.2. The van der Waals surface area contributed by atoms with Crippen LogP contribution < -0.4 is 0 Å². The SMILES string of the molecule is CCOC(OCC)(OCC)C(=O)OOCCOCCOCCOCCCCCCCCCCCS. The van der Waals surface area contributed by atoms with E-state index in [0.29, 0.717) is 26.4 Å². The van der Waals surface area contributed by atoms with Crippen LogP contribution in [0.1, 0.15) is 78.6 Å². The van der Waals surface area contributed by atoms with Gasteiger partial charge < -0.3 is 28.4 Å². The molecule has 0 aliphatic heterocycles. The van der Waals surface area contributed by atoms with Gasteiger partial charge >= 0.3 is 11.9 Å². The van der Waals surface area contributed by atoms with E-state index in [1.54, 1.807) is 20.8 Å². The van der Waals surface area contributed by atoms with Crippen LogP contribution in [0.2, 0.25) is 0 Å². The molecule has 0 aromatic rings. The fraction of sp³-hybridized carbons (Fsp3) is 0.960. The molecule has 0 aromatic carbocycles. The van der Waals surface area contributed by atoms with Gasteiger partial charge in [-0.15, -0.1) is 0 Å². The van der Waals surface area contributed by atoms with Gasteiger partial charge in [0.25, 0.3) is 0 Å². The second-order valence-corrected chi connectivity index (χ2v) is 8.24. The van der Waals surface area contributed by atoms with Crippen molar-refractivity contribution >= 4 is 18.6 Å². The monoisotopic (exact) mass is 526 g/mol. The molecule has 0 N–H and O–H groups in total. The molecule has 0 aromatic heterocycles. The van der Waals surface area contributed by atoms with Gasteiger partial charge in [0.2, 0.25) is 0 Å². The van der Waals surface area contributed by atoms with Crippen molar-refractivity contribution in [2.75, 3.05) is 71.8 Å². The molecule has 0 aliphatic rings. The summed E-state index contributed by atoms with van der Waals surface area (Å²) >= 11 is 4.24. The first-order chi connectivity index (χ1) is 17.2. The van der Waals surface area contributed by atoms with E-state index in [2.05, 4.69) is 12.6 Å². The van der Waals surface area contributed by atoms with E-state index in [-0.39, 0.29) is 33.0 Å². The van der Waals surface area contributed by atoms with E-state index in [1.807, 2.05) is 0 Å². The van der Waals surface area contributed by atoms with Crippen LogP contribution in [-0.2, 0) is 43.0 Å². The molecule has 0 rings (SSSR count). The van der Waals surface area contributed by atoms with Crippen LogP contribution >= 0.6 is 12.6 Å². The molecule has 0 aliphatic carbocycles. The molecule has 0 amide bonds. The van der Waals surface area contributed by atoms with E-state index in [1.165, 1.54) is 51.4 Å². The van der Waals surface area contributed by atoms with Gasteiger partial charge in [0, 0.05) is 6.61 Å². The molecular weight excluding hydrogens is 476 g/mol. The minimum atomic E-state index is -1.92. The Morgan fingerprint density at radius 1 is 0.571 bits per heavy atom. The first-order valence-electron chi connectivity index (χ1n) is 13.3. The summed E-state index contributed by atoms with van der Waals surface area (Å²) in [5.41, 5.74) is 0. The first kappa shape index (κ1) is 34.5. The summed E-state index contributed by atoms with van der Waals surface area (Å²) in [7, 11) is 0. The Morgan fingerprint density at radius 2 is 0.971 bits per heavy atom. The largest absolute Gasteiger partial charge is 0.431 e. The highest BCUT2D eigenvalue weighted by atomic mass is 32.1. The van der Waals surface area contributed by atoms with Gasteiger partial charge in [-0.05, 0) is 39.4 Å². The quantitative estimate of drug-likeness (QED) is 0.0511. The van der Waals surface area contributed by atoms with Crippen molar-refractivity contribution in [1.82, 2.24) is 0 Å². The van der Waals surface area contributed by atoms with E-state index in [4.69, 9.17) is 38.2 Å². The van der Waals surface area contributed by atoms with Crippen LogP contribution in [-0.4, -0.2) is 83.8 Å². The second kappa shape index (κ2) is 26.6. The maximum Gasteiger partial charge on any atom is 0.431 e. The summed E-state index contributed by atoms with van der Waals surface area (Å²) in [5.74, 6) is -1.81. The maximum atomic E-state index is 12.2. The number of carbonyl (C=O) groups is 1. The van der Waals surface area contributed by atoms with Crippen LogP contribution in [0.25, 0.3) is 0 Å². The lowest BCUT2D eigenvalue weighted by molar-refractivity contribution is -0.387. The minimum Gasteiger partial charge on any atom is -0.379 e. The zero-order valence-electron chi connectivity index (χ0n) is 22.3. The number of carbonyl (C=O) groups excluding carboxylic acids is 1. The van der Waals surface area contributed by atoms with Gasteiger partial charge in [0.1, 0.15) is 6.61 Å². The molecular formula is C25H50O9S. The number of hydrogen-bond donors (Lipinski definition) is 1. The molecule has 0 radical (unpaired) electrons. The van der Waals surface area contributed by atoms with E-state index in [0.717, 1.165) is 18.8 Å². The lowest BCUT2D eigenvalue weighted by Gasteiger charge is -2.28. The lowest BCUT2D eigenvalue weighted by Crippen LogP contribution is -2.48. The first-order valence-corrected chi connectivity index (χ1v) is 13.9. The van der Waals surface area contributed by atoms with Crippen LogP contribution in [0.15, 0.2) is 0 Å². The predicted octanol–water partition coefficient (Wildman–Crippen LogP) is 4.72. The van der Waals surface area contributed by atoms with E-state index >= 15 is 0 Å². The molecule has 10 heteroatoms. The van der Waals surface area contributed by atoms with Crippen molar-refractivity contribution in [2.45, 2.75) is 84.5 Å². The molecule has 0 atom stereocenters. The van der Waals surface area contributed by atoms with Gasteiger partial charge in [0.15, 0.2) is 0 Å². The van der Waals surface area contributed by atoms with Crippen LogP contribution in [0.3, 0.4) is 0 Å². The molecule has 0 spiro atoms. The third kappa shape index (κ3) is 20.3. The Bertz CT molecular complexity index is 438. The van der Waals surface area contributed by atoms with Crippen molar-refractivity contribution in [2.24, 2.45) is 0 Å². The van der Waals surface area contributed by atoms with Crippen molar-refractivity contribution in [3.05, 3.63) is 0 Å². The minimum absolute atomic E-state index is 0.0609. The zero-order chi connectivity index (χ0) is 25.9. The molecule has 0 heterocycles. The number of ether oxygens (including phenoxy) is 6.